The highest BCUT2D eigenvalue weighted by atomic mass is 32.2. The van der Waals surface area contributed by atoms with Crippen molar-refractivity contribution in [1.29, 1.82) is 0 Å². The number of hydrogen-bond acceptors (Lipinski definition) is 5. The van der Waals surface area contributed by atoms with Gasteiger partial charge in [0.05, 0.1) is 5.69 Å². The van der Waals surface area contributed by atoms with Crippen LogP contribution in [0.15, 0.2) is 83.9 Å². The Bertz CT molecular complexity index is 1200. The minimum atomic E-state index is -0.275. The smallest absolute Gasteiger partial charge is 0.132 e. The Morgan fingerprint density at radius 2 is 1.79 bits per heavy atom. The molecule has 1 saturated heterocycles. The number of anilines is 2. The molecule has 0 amide bonds. The molecule has 0 spiro atoms. The minimum Gasteiger partial charge on any atom is -0.326 e. The largest absolute Gasteiger partial charge is 0.326 e. The summed E-state index contributed by atoms with van der Waals surface area (Å²) in [6, 6.07) is 23.5. The van der Waals surface area contributed by atoms with E-state index in [4.69, 9.17) is 0 Å². The van der Waals surface area contributed by atoms with Gasteiger partial charge in [-0.2, -0.15) is 0 Å². The fourth-order valence-electron chi connectivity index (χ4n) is 3.70. The molecule has 0 saturated carbocycles. The van der Waals surface area contributed by atoms with E-state index in [-0.39, 0.29) is 5.82 Å². The van der Waals surface area contributed by atoms with Gasteiger partial charge in [-0.15, -0.1) is 0 Å². The summed E-state index contributed by atoms with van der Waals surface area (Å²) in [5, 5.41) is 1.99. The summed E-state index contributed by atoms with van der Waals surface area (Å²) in [7, 11) is 0. The monoisotopic (exact) mass is 491 g/mol. The van der Waals surface area contributed by atoms with Crippen LogP contribution < -0.4 is 9.03 Å². The third-order valence-electron chi connectivity index (χ3n) is 5.31. The Kier molecular flexibility index (Phi) is 8.72. The average Bonchev–Trinajstić information content (AvgIpc) is 2.89. The lowest BCUT2D eigenvalue weighted by atomic mass is 10.0. The number of rotatable bonds is 5. The number of hydrogen-bond donors (Lipinski definition) is 1. The zero-order valence-electron chi connectivity index (χ0n) is 19.6. The van der Waals surface area contributed by atoms with Crippen molar-refractivity contribution in [2.45, 2.75) is 38.0 Å². The highest BCUT2D eigenvalue weighted by Crippen LogP contribution is 2.33. The molecule has 1 fully saturated rings. The fraction of sp³-hybridized carbons (Fsp3) is 0.250. The van der Waals surface area contributed by atoms with Gasteiger partial charge in [-0.3, -0.25) is 4.98 Å². The van der Waals surface area contributed by atoms with Gasteiger partial charge >= 0.3 is 0 Å². The number of benzene rings is 3. The highest BCUT2D eigenvalue weighted by Gasteiger charge is 2.13. The third kappa shape index (κ3) is 6.05. The van der Waals surface area contributed by atoms with Crippen LogP contribution in [0.25, 0.3) is 22.0 Å². The van der Waals surface area contributed by atoms with E-state index in [0.29, 0.717) is 11.3 Å². The third-order valence-corrected chi connectivity index (χ3v) is 7.33. The van der Waals surface area contributed by atoms with E-state index >= 15 is 0 Å². The Balaban J connectivity index is 0.000000868. The van der Waals surface area contributed by atoms with Crippen LogP contribution in [-0.4, -0.2) is 17.3 Å². The normalized spacial score (nSPS) is 13.3. The molecule has 1 aromatic heterocycles. The lowest BCUT2D eigenvalue weighted by Gasteiger charge is -2.27. The number of halogens is 1. The molecule has 1 N–H and O–H groups in total. The first kappa shape index (κ1) is 24.4. The quantitative estimate of drug-likeness (QED) is 0.282. The molecule has 0 unspecified atom stereocenters. The van der Waals surface area contributed by atoms with Crippen LogP contribution >= 0.6 is 23.9 Å². The molecule has 3 nitrogen and oxygen atoms in total. The number of aromatic nitrogens is 1. The molecule has 0 aliphatic carbocycles. The van der Waals surface area contributed by atoms with E-state index in [1.54, 1.807) is 12.3 Å². The molecule has 2 heterocycles. The SMILES string of the molecule is CCC.Fc1ccc(NSc2ccc(N3CCCCS3)cc2)cc1-c1nccc2ccccc12. The van der Waals surface area contributed by atoms with Crippen LogP contribution in [0.4, 0.5) is 15.8 Å². The van der Waals surface area contributed by atoms with Crippen molar-refractivity contribution in [1.82, 2.24) is 4.98 Å². The zero-order valence-corrected chi connectivity index (χ0v) is 21.3. The zero-order chi connectivity index (χ0) is 23.8. The number of fused-ring (bicyclic) bond motifs is 1. The summed E-state index contributed by atoms with van der Waals surface area (Å²) < 4.78 is 20.4. The summed E-state index contributed by atoms with van der Waals surface area (Å²) in [6.45, 7) is 5.36. The number of nitrogens with zero attached hydrogens (tertiary/aromatic N) is 2. The number of pyridine rings is 1. The first-order chi connectivity index (χ1) is 16.7. The molecule has 5 rings (SSSR count). The van der Waals surface area contributed by atoms with Gasteiger partial charge in [0.2, 0.25) is 0 Å². The molecule has 1 aliphatic rings. The lowest BCUT2D eigenvalue weighted by Crippen LogP contribution is -2.20. The maximum atomic E-state index is 14.7. The number of nitrogens with one attached hydrogen (secondary N) is 1. The second kappa shape index (κ2) is 12.1. The fourth-order valence-corrected chi connectivity index (χ4v) is 5.42. The molecule has 6 heteroatoms. The molecule has 3 aromatic carbocycles. The molecule has 0 atom stereocenters. The van der Waals surface area contributed by atoms with Gasteiger partial charge < -0.3 is 9.03 Å². The Morgan fingerprint density at radius 1 is 1.00 bits per heavy atom. The summed E-state index contributed by atoms with van der Waals surface area (Å²) in [6.07, 6.45) is 5.53. The van der Waals surface area contributed by atoms with Crippen molar-refractivity contribution < 1.29 is 4.39 Å². The van der Waals surface area contributed by atoms with E-state index in [2.05, 4.69) is 52.1 Å². The van der Waals surface area contributed by atoms with Crippen LogP contribution in [0.1, 0.15) is 33.1 Å². The molecule has 4 aromatic rings. The molecular weight excluding hydrogens is 461 g/mol. The molecule has 0 radical (unpaired) electrons. The second-order valence-electron chi connectivity index (χ2n) is 8.12. The van der Waals surface area contributed by atoms with Gasteiger partial charge in [0, 0.05) is 45.7 Å². The van der Waals surface area contributed by atoms with Crippen LogP contribution in [0.5, 0.6) is 0 Å². The molecule has 176 valence electrons. The molecule has 0 bridgehead atoms. The van der Waals surface area contributed by atoms with Crippen LogP contribution in [0.2, 0.25) is 0 Å². The maximum absolute atomic E-state index is 14.7. The summed E-state index contributed by atoms with van der Waals surface area (Å²) in [5.41, 5.74) is 3.25. The molecule has 1 aliphatic heterocycles. The van der Waals surface area contributed by atoms with Crippen molar-refractivity contribution in [3.8, 4) is 11.3 Å². The van der Waals surface area contributed by atoms with Gasteiger partial charge in [0.1, 0.15) is 5.82 Å². The van der Waals surface area contributed by atoms with Gasteiger partial charge in [-0.1, -0.05) is 44.5 Å². The van der Waals surface area contributed by atoms with E-state index in [9.17, 15) is 4.39 Å². The standard InChI is InChI=1S/C25H22FN3S2.C3H8/c26-24-12-7-19(17-23(24)25-22-6-2-1-5-18(22)13-14-27-25)28-31-21-10-8-20(9-11-21)29-15-3-4-16-30-29;1-3-2/h1-2,5-14,17,28H,3-4,15-16H2;3H2,1-2H3. The van der Waals surface area contributed by atoms with Crippen molar-refractivity contribution >= 4 is 46.0 Å². The van der Waals surface area contributed by atoms with Crippen molar-refractivity contribution in [3.05, 3.63) is 84.8 Å². The van der Waals surface area contributed by atoms with E-state index in [1.807, 2.05) is 48.3 Å². The maximum Gasteiger partial charge on any atom is 0.132 e. The van der Waals surface area contributed by atoms with Crippen molar-refractivity contribution in [2.75, 3.05) is 21.3 Å². The molecular formula is C28H30FN3S2. The minimum absolute atomic E-state index is 0.275. The summed E-state index contributed by atoms with van der Waals surface area (Å²) >= 11 is 3.43. The summed E-state index contributed by atoms with van der Waals surface area (Å²) in [4.78, 5) is 5.58. The van der Waals surface area contributed by atoms with Crippen LogP contribution in [-0.2, 0) is 0 Å². The predicted octanol–water partition coefficient (Wildman–Crippen LogP) is 8.82. The van der Waals surface area contributed by atoms with Gasteiger partial charge in [-0.25, -0.2) is 4.39 Å². The van der Waals surface area contributed by atoms with E-state index < -0.39 is 0 Å². The van der Waals surface area contributed by atoms with Gasteiger partial charge in [-0.05, 0) is 90.7 Å². The Morgan fingerprint density at radius 3 is 2.56 bits per heavy atom. The highest BCUT2D eigenvalue weighted by molar-refractivity contribution is 8.00. The average molecular weight is 492 g/mol. The first-order valence-corrected chi connectivity index (χ1v) is 13.5. The first-order valence-electron chi connectivity index (χ1n) is 11.8. The Labute approximate surface area is 210 Å². The van der Waals surface area contributed by atoms with E-state index in [0.717, 1.165) is 27.9 Å². The predicted molar refractivity (Wildman–Crippen MR) is 148 cm³/mol. The lowest BCUT2D eigenvalue weighted by molar-refractivity contribution is 0.631. The topological polar surface area (TPSA) is 28.2 Å². The summed E-state index contributed by atoms with van der Waals surface area (Å²) in [5.74, 6) is 0.916. The molecule has 34 heavy (non-hydrogen) atoms. The Hall–Kier alpha value is -2.70. The van der Waals surface area contributed by atoms with Crippen molar-refractivity contribution in [3.63, 3.8) is 0 Å². The van der Waals surface area contributed by atoms with Crippen LogP contribution in [0, 0.1) is 5.82 Å². The second-order valence-corrected chi connectivity index (χ2v) is 10.1. The van der Waals surface area contributed by atoms with Gasteiger partial charge in [0.25, 0.3) is 0 Å². The van der Waals surface area contributed by atoms with Crippen LogP contribution in [0.3, 0.4) is 0 Å². The van der Waals surface area contributed by atoms with E-state index in [1.165, 1.54) is 48.7 Å². The van der Waals surface area contributed by atoms with Crippen molar-refractivity contribution in [2.24, 2.45) is 0 Å². The van der Waals surface area contributed by atoms with Gasteiger partial charge in [0.15, 0.2) is 0 Å².